The highest BCUT2D eigenvalue weighted by atomic mass is 35.5. The van der Waals surface area contributed by atoms with Crippen LogP contribution in [0.2, 0.25) is 5.02 Å². The Morgan fingerprint density at radius 3 is 2.50 bits per heavy atom. The minimum atomic E-state index is -0.618. The van der Waals surface area contributed by atoms with Gasteiger partial charge in [0.2, 0.25) is 5.91 Å². The topological polar surface area (TPSA) is 70.6 Å². The first kappa shape index (κ1) is 16.8. The summed E-state index contributed by atoms with van der Waals surface area (Å²) < 4.78 is 0. The molecule has 2 rings (SSSR count). The molecule has 22 heavy (non-hydrogen) atoms. The first-order valence-electron chi connectivity index (χ1n) is 7.02. The Hall–Kier alpha value is -1.53. The van der Waals surface area contributed by atoms with Crippen LogP contribution in [0.5, 0.6) is 0 Å². The lowest BCUT2D eigenvalue weighted by molar-refractivity contribution is -0.122. The fourth-order valence-electron chi connectivity index (χ4n) is 1.95. The van der Waals surface area contributed by atoms with E-state index in [1.165, 1.54) is 11.8 Å². The van der Waals surface area contributed by atoms with Crippen molar-refractivity contribution >= 4 is 40.3 Å². The second kappa shape index (κ2) is 7.65. The van der Waals surface area contributed by atoms with Gasteiger partial charge in [0.15, 0.2) is 5.17 Å². The fraction of sp³-hybridized carbons (Fsp3) is 0.400. The van der Waals surface area contributed by atoms with Crippen molar-refractivity contribution in [2.24, 2.45) is 10.9 Å². The van der Waals surface area contributed by atoms with Gasteiger partial charge in [-0.05, 0) is 30.2 Å². The molecule has 7 heteroatoms. The molecule has 5 nitrogen and oxygen atoms in total. The first-order chi connectivity index (χ1) is 10.5. The van der Waals surface area contributed by atoms with Crippen molar-refractivity contribution in [1.82, 2.24) is 10.6 Å². The average Bonchev–Trinajstić information content (AvgIpc) is 2.97. The smallest absolute Gasteiger partial charge is 0.251 e. The van der Waals surface area contributed by atoms with Crippen molar-refractivity contribution in [3.8, 4) is 0 Å². The van der Waals surface area contributed by atoms with Crippen molar-refractivity contribution in [2.75, 3.05) is 12.3 Å². The number of carbonyl (C=O) groups is 2. The van der Waals surface area contributed by atoms with Crippen LogP contribution in [0.15, 0.2) is 29.3 Å². The molecule has 1 aliphatic heterocycles. The average molecular weight is 340 g/mol. The van der Waals surface area contributed by atoms with E-state index in [1.807, 2.05) is 13.8 Å². The van der Waals surface area contributed by atoms with Crippen LogP contribution in [-0.4, -0.2) is 35.3 Å². The third-order valence-electron chi connectivity index (χ3n) is 3.16. The molecular weight excluding hydrogens is 322 g/mol. The molecular formula is C15H18ClN3O2S. The lowest BCUT2D eigenvalue weighted by Crippen LogP contribution is -2.50. The second-order valence-corrected chi connectivity index (χ2v) is 6.75. The third-order valence-corrected chi connectivity index (χ3v) is 4.30. The van der Waals surface area contributed by atoms with E-state index in [0.29, 0.717) is 22.3 Å². The summed E-state index contributed by atoms with van der Waals surface area (Å²) in [6.07, 6.45) is 0. The number of nitrogens with one attached hydrogen (secondary N) is 2. The van der Waals surface area contributed by atoms with Gasteiger partial charge in [-0.25, -0.2) is 0 Å². The molecule has 0 saturated heterocycles. The van der Waals surface area contributed by atoms with Crippen molar-refractivity contribution in [1.29, 1.82) is 0 Å². The number of hydrogen-bond acceptors (Lipinski definition) is 4. The summed E-state index contributed by atoms with van der Waals surface area (Å²) in [6, 6.07) is 5.93. The number of aliphatic imine (C=N–C) groups is 1. The molecule has 0 bridgehead atoms. The number of hydrogen-bond donors (Lipinski definition) is 2. The zero-order valence-corrected chi connectivity index (χ0v) is 14.0. The number of benzene rings is 1. The summed E-state index contributed by atoms with van der Waals surface area (Å²) in [7, 11) is 0. The van der Waals surface area contributed by atoms with Crippen LogP contribution >= 0.6 is 23.4 Å². The Bertz CT molecular complexity index is 587. The maximum atomic E-state index is 12.3. The molecule has 1 heterocycles. The molecule has 0 aliphatic carbocycles. The third kappa shape index (κ3) is 4.48. The maximum Gasteiger partial charge on any atom is 0.251 e. The van der Waals surface area contributed by atoms with Crippen LogP contribution in [0.4, 0.5) is 0 Å². The zero-order valence-electron chi connectivity index (χ0n) is 12.4. The summed E-state index contributed by atoms with van der Waals surface area (Å²) in [6.45, 7) is 4.48. The number of rotatable bonds is 4. The predicted molar refractivity (Wildman–Crippen MR) is 90.4 cm³/mol. The van der Waals surface area contributed by atoms with Gasteiger partial charge in [-0.2, -0.15) is 0 Å². The number of carbonyl (C=O) groups excluding carboxylic acids is 2. The molecule has 1 aromatic carbocycles. The molecule has 2 amide bonds. The van der Waals surface area contributed by atoms with E-state index in [-0.39, 0.29) is 17.7 Å². The van der Waals surface area contributed by atoms with Crippen molar-refractivity contribution in [3.05, 3.63) is 34.9 Å². The van der Waals surface area contributed by atoms with E-state index in [1.54, 1.807) is 24.3 Å². The Morgan fingerprint density at radius 1 is 1.27 bits per heavy atom. The van der Waals surface area contributed by atoms with Crippen molar-refractivity contribution in [3.63, 3.8) is 0 Å². The number of thioether (sulfide) groups is 1. The normalized spacial score (nSPS) is 15.4. The van der Waals surface area contributed by atoms with E-state index in [9.17, 15) is 9.59 Å². The molecule has 0 spiro atoms. The van der Waals surface area contributed by atoms with E-state index in [4.69, 9.17) is 11.6 Å². The van der Waals surface area contributed by atoms with E-state index < -0.39 is 6.04 Å². The lowest BCUT2D eigenvalue weighted by Gasteiger charge is -2.21. The van der Waals surface area contributed by atoms with E-state index >= 15 is 0 Å². The van der Waals surface area contributed by atoms with Crippen LogP contribution < -0.4 is 10.6 Å². The van der Waals surface area contributed by atoms with Crippen LogP contribution in [-0.2, 0) is 4.79 Å². The molecule has 0 fully saturated rings. The fourth-order valence-corrected chi connectivity index (χ4v) is 2.81. The van der Waals surface area contributed by atoms with Gasteiger partial charge in [-0.3, -0.25) is 14.6 Å². The Labute approximate surface area is 138 Å². The maximum absolute atomic E-state index is 12.3. The van der Waals surface area contributed by atoms with Gasteiger partial charge in [-0.15, -0.1) is 0 Å². The van der Waals surface area contributed by atoms with Gasteiger partial charge in [0.25, 0.3) is 5.91 Å². The minimum Gasteiger partial charge on any atom is -0.340 e. The first-order valence-corrected chi connectivity index (χ1v) is 8.38. The van der Waals surface area contributed by atoms with Crippen LogP contribution in [0.3, 0.4) is 0 Å². The molecule has 0 aromatic heterocycles. The quantitative estimate of drug-likeness (QED) is 0.884. The molecule has 1 aliphatic rings. The Morgan fingerprint density at radius 2 is 1.95 bits per heavy atom. The van der Waals surface area contributed by atoms with Crippen LogP contribution in [0, 0.1) is 5.92 Å². The largest absolute Gasteiger partial charge is 0.340 e. The highest BCUT2D eigenvalue weighted by molar-refractivity contribution is 8.14. The number of amides is 2. The van der Waals surface area contributed by atoms with Crippen molar-refractivity contribution < 1.29 is 9.59 Å². The lowest BCUT2D eigenvalue weighted by atomic mass is 10.0. The molecule has 1 aromatic rings. The molecule has 0 radical (unpaired) electrons. The molecule has 1 atom stereocenters. The van der Waals surface area contributed by atoms with E-state index in [2.05, 4.69) is 15.6 Å². The Balaban J connectivity index is 2.02. The standard InChI is InChI=1S/C15H18ClN3O2S/c1-9(2)12(14(21)19-15-17-7-8-22-15)18-13(20)10-3-5-11(16)6-4-10/h3-6,9,12H,7-8H2,1-2H3,(H,18,20)(H,17,19,21)/t12-/m1/s1. The number of nitrogens with zero attached hydrogens (tertiary/aromatic N) is 1. The van der Waals surface area contributed by atoms with Gasteiger partial charge in [0.1, 0.15) is 6.04 Å². The van der Waals surface area contributed by atoms with Crippen LogP contribution in [0.25, 0.3) is 0 Å². The minimum absolute atomic E-state index is 0.0387. The molecule has 118 valence electrons. The van der Waals surface area contributed by atoms with Gasteiger partial charge in [-0.1, -0.05) is 37.2 Å². The predicted octanol–water partition coefficient (Wildman–Crippen LogP) is 2.31. The van der Waals surface area contributed by atoms with Gasteiger partial charge in [0.05, 0.1) is 6.54 Å². The summed E-state index contributed by atoms with van der Waals surface area (Å²) in [4.78, 5) is 28.7. The summed E-state index contributed by atoms with van der Waals surface area (Å²) >= 11 is 7.31. The van der Waals surface area contributed by atoms with Gasteiger partial charge >= 0.3 is 0 Å². The summed E-state index contributed by atoms with van der Waals surface area (Å²) in [5, 5.41) is 6.71. The van der Waals surface area contributed by atoms with Gasteiger partial charge in [0, 0.05) is 16.3 Å². The highest BCUT2D eigenvalue weighted by Crippen LogP contribution is 2.12. The molecule has 0 unspecified atom stereocenters. The SMILES string of the molecule is CC(C)[C@@H](NC(=O)c1ccc(Cl)cc1)C(=O)NC1=NCCS1. The number of amidine groups is 1. The number of halogens is 1. The second-order valence-electron chi connectivity index (χ2n) is 5.23. The Kier molecular flexibility index (Phi) is 5.85. The monoisotopic (exact) mass is 339 g/mol. The van der Waals surface area contributed by atoms with Crippen LogP contribution in [0.1, 0.15) is 24.2 Å². The summed E-state index contributed by atoms with van der Waals surface area (Å²) in [5.41, 5.74) is 0.468. The molecule has 2 N–H and O–H groups in total. The molecule has 0 saturated carbocycles. The van der Waals surface area contributed by atoms with Gasteiger partial charge < -0.3 is 10.6 Å². The van der Waals surface area contributed by atoms with E-state index in [0.717, 1.165) is 5.75 Å². The highest BCUT2D eigenvalue weighted by Gasteiger charge is 2.26. The zero-order chi connectivity index (χ0) is 16.1. The summed E-state index contributed by atoms with van der Waals surface area (Å²) in [5.74, 6) is 0.291. The van der Waals surface area contributed by atoms with Crippen molar-refractivity contribution in [2.45, 2.75) is 19.9 Å².